The Bertz CT molecular complexity index is 304. The van der Waals surface area contributed by atoms with Crippen LogP contribution in [0.2, 0.25) is 0 Å². The van der Waals surface area contributed by atoms with Gasteiger partial charge in [-0.15, -0.1) is 0 Å². The van der Waals surface area contributed by atoms with E-state index in [9.17, 15) is 5.11 Å². The largest absolute Gasteiger partial charge is 0.386 e. The number of β-amino-alcohol motifs (C(OH)–C–C–N with tert-alkyl or cyclic N) is 1. The fourth-order valence-corrected chi connectivity index (χ4v) is 1.59. The molecular formula is C8H10BrN3O. The highest BCUT2D eigenvalue weighted by atomic mass is 79.9. The van der Waals surface area contributed by atoms with Crippen LogP contribution in [-0.2, 0) is 0 Å². The van der Waals surface area contributed by atoms with Crippen molar-refractivity contribution < 1.29 is 5.11 Å². The van der Waals surface area contributed by atoms with Gasteiger partial charge in [-0.1, -0.05) is 0 Å². The van der Waals surface area contributed by atoms with Crippen molar-refractivity contribution in [3.63, 3.8) is 0 Å². The molecule has 4 nitrogen and oxygen atoms in total. The van der Waals surface area contributed by atoms with Crippen molar-refractivity contribution in [1.82, 2.24) is 9.97 Å². The Morgan fingerprint density at radius 2 is 2.00 bits per heavy atom. The molecule has 0 radical (unpaired) electrons. The zero-order chi connectivity index (χ0) is 9.47. The third-order valence-corrected chi connectivity index (χ3v) is 2.36. The Morgan fingerprint density at radius 3 is 2.46 bits per heavy atom. The molecule has 13 heavy (non-hydrogen) atoms. The maximum atomic E-state index is 9.49. The zero-order valence-corrected chi connectivity index (χ0v) is 8.82. The number of hydrogen-bond donors (Lipinski definition) is 1. The highest BCUT2D eigenvalue weighted by molar-refractivity contribution is 9.10. The first kappa shape index (κ1) is 8.90. The van der Waals surface area contributed by atoms with Gasteiger partial charge in [0.1, 0.15) is 0 Å². The molecule has 0 unspecified atom stereocenters. The molecule has 1 fully saturated rings. The molecule has 0 saturated carbocycles. The second-order valence-corrected chi connectivity index (χ2v) is 4.47. The Morgan fingerprint density at radius 1 is 1.46 bits per heavy atom. The highest BCUT2D eigenvalue weighted by Gasteiger charge is 2.37. The Kier molecular flexibility index (Phi) is 2.00. The first-order chi connectivity index (χ1) is 6.07. The minimum absolute atomic E-state index is 0.573. The van der Waals surface area contributed by atoms with Gasteiger partial charge in [0.2, 0.25) is 5.95 Å². The van der Waals surface area contributed by atoms with E-state index in [0.29, 0.717) is 19.0 Å². The molecule has 0 bridgehead atoms. The number of aromatic nitrogens is 2. The third-order valence-electron chi connectivity index (χ3n) is 1.95. The second kappa shape index (κ2) is 2.92. The van der Waals surface area contributed by atoms with E-state index in [-0.39, 0.29) is 0 Å². The fraction of sp³-hybridized carbons (Fsp3) is 0.500. The van der Waals surface area contributed by atoms with Gasteiger partial charge in [0.25, 0.3) is 0 Å². The van der Waals surface area contributed by atoms with E-state index in [0.717, 1.165) is 4.47 Å². The lowest BCUT2D eigenvalue weighted by Gasteiger charge is -2.43. The first-order valence-electron chi connectivity index (χ1n) is 4.02. The standard InChI is InChI=1S/C8H10BrN3O/c1-8(13)4-12(5-8)7-10-2-6(9)3-11-7/h2-3,13H,4-5H2,1H3. The lowest BCUT2D eigenvalue weighted by molar-refractivity contribution is 0.0300. The van der Waals surface area contributed by atoms with Crippen LogP contribution in [0.5, 0.6) is 0 Å². The molecule has 0 atom stereocenters. The predicted octanol–water partition coefficient (Wildman–Crippen LogP) is 0.810. The zero-order valence-electron chi connectivity index (χ0n) is 7.24. The quantitative estimate of drug-likeness (QED) is 0.794. The average Bonchev–Trinajstić information content (AvgIpc) is 2.01. The SMILES string of the molecule is CC1(O)CN(c2ncc(Br)cn2)C1. The van der Waals surface area contributed by atoms with Crippen LogP contribution in [0.1, 0.15) is 6.92 Å². The smallest absolute Gasteiger partial charge is 0.225 e. The minimum atomic E-state index is -0.573. The van der Waals surface area contributed by atoms with Crippen LogP contribution >= 0.6 is 15.9 Å². The molecule has 1 aliphatic rings. The lowest BCUT2D eigenvalue weighted by atomic mass is 9.98. The predicted molar refractivity (Wildman–Crippen MR) is 52.6 cm³/mol. The van der Waals surface area contributed by atoms with Crippen molar-refractivity contribution in [1.29, 1.82) is 0 Å². The number of aliphatic hydroxyl groups is 1. The Hall–Kier alpha value is -0.680. The summed E-state index contributed by atoms with van der Waals surface area (Å²) in [6, 6.07) is 0. The van der Waals surface area contributed by atoms with Crippen molar-refractivity contribution in [3.8, 4) is 0 Å². The molecular weight excluding hydrogens is 234 g/mol. The van der Waals surface area contributed by atoms with Crippen LogP contribution in [0, 0.1) is 0 Å². The van der Waals surface area contributed by atoms with Gasteiger partial charge < -0.3 is 10.0 Å². The van der Waals surface area contributed by atoms with Crippen molar-refractivity contribution >= 4 is 21.9 Å². The molecule has 2 heterocycles. The summed E-state index contributed by atoms with van der Waals surface area (Å²) in [6.07, 6.45) is 3.41. The van der Waals surface area contributed by atoms with E-state index in [1.165, 1.54) is 0 Å². The lowest BCUT2D eigenvalue weighted by Crippen LogP contribution is -2.60. The van der Waals surface area contributed by atoms with Crippen molar-refractivity contribution in [3.05, 3.63) is 16.9 Å². The second-order valence-electron chi connectivity index (χ2n) is 3.55. The van der Waals surface area contributed by atoms with Crippen LogP contribution in [-0.4, -0.2) is 33.8 Å². The summed E-state index contributed by atoms with van der Waals surface area (Å²) in [5.74, 6) is 0.676. The molecule has 0 amide bonds. The van der Waals surface area contributed by atoms with Gasteiger partial charge in [0, 0.05) is 12.4 Å². The first-order valence-corrected chi connectivity index (χ1v) is 4.81. The molecule has 2 rings (SSSR count). The summed E-state index contributed by atoms with van der Waals surface area (Å²) in [5.41, 5.74) is -0.573. The monoisotopic (exact) mass is 243 g/mol. The van der Waals surface area contributed by atoms with E-state index >= 15 is 0 Å². The molecule has 1 aliphatic heterocycles. The summed E-state index contributed by atoms with van der Waals surface area (Å²) in [4.78, 5) is 10.2. The van der Waals surface area contributed by atoms with E-state index < -0.39 is 5.60 Å². The van der Waals surface area contributed by atoms with E-state index in [1.807, 2.05) is 11.8 Å². The van der Waals surface area contributed by atoms with Crippen LogP contribution in [0.4, 0.5) is 5.95 Å². The van der Waals surface area contributed by atoms with E-state index in [4.69, 9.17) is 0 Å². The maximum Gasteiger partial charge on any atom is 0.225 e. The Balaban J connectivity index is 2.08. The average molecular weight is 244 g/mol. The normalized spacial score (nSPS) is 19.8. The van der Waals surface area contributed by atoms with Gasteiger partial charge in [-0.3, -0.25) is 0 Å². The molecule has 0 aliphatic carbocycles. The van der Waals surface area contributed by atoms with Crippen molar-refractivity contribution in [2.75, 3.05) is 18.0 Å². The topological polar surface area (TPSA) is 49.2 Å². The van der Waals surface area contributed by atoms with Crippen molar-refractivity contribution in [2.24, 2.45) is 0 Å². The van der Waals surface area contributed by atoms with Crippen LogP contribution in [0.25, 0.3) is 0 Å². The van der Waals surface area contributed by atoms with Crippen LogP contribution in [0.3, 0.4) is 0 Å². The Labute approximate surface area is 84.7 Å². The molecule has 5 heteroatoms. The van der Waals surface area contributed by atoms with Gasteiger partial charge >= 0.3 is 0 Å². The van der Waals surface area contributed by atoms with Gasteiger partial charge in [0.15, 0.2) is 0 Å². The van der Waals surface area contributed by atoms with E-state index in [2.05, 4.69) is 25.9 Å². The van der Waals surface area contributed by atoms with Crippen molar-refractivity contribution in [2.45, 2.75) is 12.5 Å². The van der Waals surface area contributed by atoms with Gasteiger partial charge in [-0.25, -0.2) is 9.97 Å². The molecule has 0 spiro atoms. The molecule has 1 saturated heterocycles. The highest BCUT2D eigenvalue weighted by Crippen LogP contribution is 2.24. The molecule has 70 valence electrons. The van der Waals surface area contributed by atoms with Crippen LogP contribution in [0.15, 0.2) is 16.9 Å². The fourth-order valence-electron chi connectivity index (χ4n) is 1.39. The number of hydrogen-bond acceptors (Lipinski definition) is 4. The summed E-state index contributed by atoms with van der Waals surface area (Å²) in [7, 11) is 0. The van der Waals surface area contributed by atoms with Gasteiger partial charge in [-0.2, -0.15) is 0 Å². The minimum Gasteiger partial charge on any atom is -0.386 e. The summed E-state index contributed by atoms with van der Waals surface area (Å²) in [6.45, 7) is 3.02. The van der Waals surface area contributed by atoms with E-state index in [1.54, 1.807) is 12.4 Å². The number of halogens is 1. The van der Waals surface area contributed by atoms with Gasteiger partial charge in [0.05, 0.1) is 23.2 Å². The summed E-state index contributed by atoms with van der Waals surface area (Å²) in [5, 5.41) is 9.49. The molecule has 1 aromatic heterocycles. The number of rotatable bonds is 1. The summed E-state index contributed by atoms with van der Waals surface area (Å²) >= 11 is 3.26. The van der Waals surface area contributed by atoms with Gasteiger partial charge in [-0.05, 0) is 22.9 Å². The molecule has 1 aromatic rings. The molecule has 1 N–H and O–H groups in total. The third kappa shape index (κ3) is 1.81. The summed E-state index contributed by atoms with van der Waals surface area (Å²) < 4.78 is 0.864. The number of anilines is 1. The maximum absolute atomic E-state index is 9.49. The van der Waals surface area contributed by atoms with Crippen LogP contribution < -0.4 is 4.90 Å². The molecule has 0 aromatic carbocycles. The number of nitrogens with zero attached hydrogens (tertiary/aromatic N) is 3.